The molecule has 1 aromatic heterocycles. The van der Waals surface area contributed by atoms with Gasteiger partial charge in [0.15, 0.2) is 5.69 Å². The number of nitrogens with one attached hydrogen (secondary N) is 1. The molecule has 0 atom stereocenters. The lowest BCUT2D eigenvalue weighted by Gasteiger charge is -2.06. The minimum Gasteiger partial charge on any atom is -0.396 e. The Bertz CT molecular complexity index is 686. The predicted octanol–water partition coefficient (Wildman–Crippen LogP) is 1.89. The van der Waals surface area contributed by atoms with Crippen LogP contribution in [0, 0.1) is 11.3 Å². The van der Waals surface area contributed by atoms with Crippen LogP contribution >= 0.6 is 15.9 Å². The Balaban J connectivity index is 2.32. The molecule has 0 saturated heterocycles. The Labute approximate surface area is 118 Å². The summed E-state index contributed by atoms with van der Waals surface area (Å²) >= 11 is 3.29. The summed E-state index contributed by atoms with van der Waals surface area (Å²) in [7, 11) is 1.67. The van der Waals surface area contributed by atoms with E-state index in [1.807, 2.05) is 6.07 Å². The summed E-state index contributed by atoms with van der Waals surface area (Å²) in [5.74, 6) is -0.451. The van der Waals surface area contributed by atoms with E-state index in [0.717, 1.165) is 4.47 Å². The Kier molecular flexibility index (Phi) is 3.53. The van der Waals surface area contributed by atoms with Gasteiger partial charge in [0.1, 0.15) is 6.07 Å². The molecule has 0 aliphatic heterocycles. The molecular formula is C12H10BrN5O. The molecule has 0 bridgehead atoms. The van der Waals surface area contributed by atoms with Crippen molar-refractivity contribution in [2.45, 2.75) is 0 Å². The molecule has 1 amide bonds. The van der Waals surface area contributed by atoms with E-state index in [1.165, 1.54) is 4.68 Å². The molecule has 0 aliphatic carbocycles. The van der Waals surface area contributed by atoms with Gasteiger partial charge in [-0.25, -0.2) is 0 Å². The van der Waals surface area contributed by atoms with E-state index in [1.54, 1.807) is 31.4 Å². The molecule has 96 valence electrons. The van der Waals surface area contributed by atoms with Crippen molar-refractivity contribution in [1.82, 2.24) is 9.78 Å². The number of nitrogen functional groups attached to an aromatic ring is 1. The van der Waals surface area contributed by atoms with Gasteiger partial charge in [0.25, 0.3) is 5.91 Å². The van der Waals surface area contributed by atoms with Crippen LogP contribution in [0.1, 0.15) is 16.1 Å². The maximum atomic E-state index is 12.0. The summed E-state index contributed by atoms with van der Waals surface area (Å²) in [4.78, 5) is 12.0. The molecule has 0 spiro atoms. The second-order valence-electron chi connectivity index (χ2n) is 3.86. The number of amides is 1. The Morgan fingerprint density at radius 1 is 1.58 bits per heavy atom. The third-order valence-electron chi connectivity index (χ3n) is 2.42. The molecule has 19 heavy (non-hydrogen) atoms. The number of aromatic nitrogens is 2. The van der Waals surface area contributed by atoms with Crippen molar-refractivity contribution in [3.05, 3.63) is 40.1 Å². The van der Waals surface area contributed by atoms with Crippen LogP contribution in [0.5, 0.6) is 0 Å². The first-order valence-corrected chi connectivity index (χ1v) is 6.10. The summed E-state index contributed by atoms with van der Waals surface area (Å²) in [5, 5.41) is 15.6. The summed E-state index contributed by atoms with van der Waals surface area (Å²) in [6.07, 6.45) is 1.54. The van der Waals surface area contributed by atoms with Crippen molar-refractivity contribution < 1.29 is 4.79 Å². The van der Waals surface area contributed by atoms with Crippen LogP contribution in [-0.2, 0) is 7.05 Å². The van der Waals surface area contributed by atoms with Crippen molar-refractivity contribution >= 4 is 33.2 Å². The highest BCUT2D eigenvalue weighted by molar-refractivity contribution is 9.10. The monoisotopic (exact) mass is 319 g/mol. The highest BCUT2D eigenvalue weighted by Gasteiger charge is 2.15. The van der Waals surface area contributed by atoms with Gasteiger partial charge in [0.05, 0.1) is 16.9 Å². The molecule has 0 fully saturated rings. The Hall–Kier alpha value is -2.33. The van der Waals surface area contributed by atoms with Crippen LogP contribution in [0.15, 0.2) is 28.9 Å². The molecule has 3 N–H and O–H groups in total. The topological polar surface area (TPSA) is 96.7 Å². The van der Waals surface area contributed by atoms with E-state index in [-0.39, 0.29) is 11.4 Å². The third kappa shape index (κ3) is 2.74. The molecule has 0 unspecified atom stereocenters. The van der Waals surface area contributed by atoms with E-state index in [2.05, 4.69) is 26.3 Å². The van der Waals surface area contributed by atoms with Gasteiger partial charge < -0.3 is 11.1 Å². The maximum Gasteiger partial charge on any atom is 0.278 e. The fraction of sp³-hybridized carbons (Fsp3) is 0.0833. The summed E-state index contributed by atoms with van der Waals surface area (Å²) < 4.78 is 2.21. The van der Waals surface area contributed by atoms with Gasteiger partial charge in [0.2, 0.25) is 0 Å². The number of halogens is 1. The zero-order chi connectivity index (χ0) is 14.0. The van der Waals surface area contributed by atoms with Gasteiger partial charge in [-0.2, -0.15) is 10.4 Å². The lowest BCUT2D eigenvalue weighted by Crippen LogP contribution is -2.15. The minimum absolute atomic E-state index is 0.131. The van der Waals surface area contributed by atoms with Gasteiger partial charge in [-0.15, -0.1) is 0 Å². The fourth-order valence-electron chi connectivity index (χ4n) is 1.58. The molecule has 6 nitrogen and oxygen atoms in total. The number of anilines is 2. The summed E-state index contributed by atoms with van der Waals surface area (Å²) in [5.41, 5.74) is 6.87. The Morgan fingerprint density at radius 3 is 2.89 bits per heavy atom. The molecule has 2 rings (SSSR count). The number of carbonyl (C=O) groups excluding carboxylic acids is 1. The smallest absolute Gasteiger partial charge is 0.278 e. The quantitative estimate of drug-likeness (QED) is 0.883. The zero-order valence-electron chi connectivity index (χ0n) is 10.0. The molecule has 0 saturated carbocycles. The van der Waals surface area contributed by atoms with Crippen LogP contribution in [0.25, 0.3) is 0 Å². The van der Waals surface area contributed by atoms with Crippen molar-refractivity contribution in [2.24, 2.45) is 7.05 Å². The molecular weight excluding hydrogens is 310 g/mol. The zero-order valence-corrected chi connectivity index (χ0v) is 11.6. The van der Waals surface area contributed by atoms with Crippen molar-refractivity contribution in [2.75, 3.05) is 11.1 Å². The lowest BCUT2D eigenvalue weighted by molar-refractivity contribution is 0.102. The SMILES string of the molecule is Cn1cc(N)c(C(=O)Nc2cc(Br)ccc2C#N)n1. The highest BCUT2D eigenvalue weighted by atomic mass is 79.9. The summed E-state index contributed by atoms with van der Waals surface area (Å²) in [6, 6.07) is 6.99. The molecule has 1 heterocycles. The van der Waals surface area contributed by atoms with Gasteiger partial charge in [0, 0.05) is 17.7 Å². The molecule has 0 aliphatic rings. The van der Waals surface area contributed by atoms with Gasteiger partial charge in [-0.05, 0) is 18.2 Å². The van der Waals surface area contributed by atoms with E-state index in [9.17, 15) is 4.79 Å². The molecule has 2 aromatic rings. The van der Waals surface area contributed by atoms with Crippen LogP contribution in [0.3, 0.4) is 0 Å². The molecule has 7 heteroatoms. The first-order chi connectivity index (χ1) is 9.01. The van der Waals surface area contributed by atoms with Crippen LogP contribution < -0.4 is 11.1 Å². The molecule has 0 radical (unpaired) electrons. The second-order valence-corrected chi connectivity index (χ2v) is 4.78. The first kappa shape index (κ1) is 13.1. The predicted molar refractivity (Wildman–Crippen MR) is 74.4 cm³/mol. The minimum atomic E-state index is -0.451. The second kappa shape index (κ2) is 5.12. The van der Waals surface area contributed by atoms with E-state index >= 15 is 0 Å². The van der Waals surface area contributed by atoms with Crippen LogP contribution in [0.2, 0.25) is 0 Å². The number of nitrogens with two attached hydrogens (primary N) is 1. The van der Waals surface area contributed by atoms with Crippen LogP contribution in [-0.4, -0.2) is 15.7 Å². The standard InChI is InChI=1S/C12H10BrN5O/c1-18-6-9(15)11(17-18)12(19)16-10-4-8(13)3-2-7(10)5-14/h2-4,6H,15H2,1H3,(H,16,19). The first-order valence-electron chi connectivity index (χ1n) is 5.31. The largest absolute Gasteiger partial charge is 0.396 e. The highest BCUT2D eigenvalue weighted by Crippen LogP contribution is 2.22. The van der Waals surface area contributed by atoms with Crippen molar-refractivity contribution in [3.8, 4) is 6.07 Å². The number of benzene rings is 1. The maximum absolute atomic E-state index is 12.0. The number of rotatable bonds is 2. The lowest BCUT2D eigenvalue weighted by atomic mass is 10.2. The third-order valence-corrected chi connectivity index (χ3v) is 2.92. The number of nitriles is 1. The van der Waals surface area contributed by atoms with Gasteiger partial charge >= 0.3 is 0 Å². The van der Waals surface area contributed by atoms with Gasteiger partial charge in [-0.1, -0.05) is 15.9 Å². The van der Waals surface area contributed by atoms with Crippen molar-refractivity contribution in [1.29, 1.82) is 5.26 Å². The van der Waals surface area contributed by atoms with Crippen LogP contribution in [0.4, 0.5) is 11.4 Å². The number of hydrogen-bond acceptors (Lipinski definition) is 4. The fourth-order valence-corrected chi connectivity index (χ4v) is 1.94. The number of hydrogen-bond donors (Lipinski definition) is 2. The average molecular weight is 320 g/mol. The number of carbonyl (C=O) groups is 1. The Morgan fingerprint density at radius 2 is 2.32 bits per heavy atom. The summed E-state index contributed by atoms with van der Waals surface area (Å²) in [6.45, 7) is 0. The normalized spacial score (nSPS) is 9.95. The van der Waals surface area contributed by atoms with Gasteiger partial charge in [-0.3, -0.25) is 9.48 Å². The molecule has 1 aromatic carbocycles. The number of nitrogens with zero attached hydrogens (tertiary/aromatic N) is 3. The van der Waals surface area contributed by atoms with E-state index < -0.39 is 5.91 Å². The number of aryl methyl sites for hydroxylation is 1. The van der Waals surface area contributed by atoms with Crippen molar-refractivity contribution in [3.63, 3.8) is 0 Å². The average Bonchev–Trinajstić information content (AvgIpc) is 2.69. The van der Waals surface area contributed by atoms with E-state index in [4.69, 9.17) is 11.0 Å². The van der Waals surface area contributed by atoms with E-state index in [0.29, 0.717) is 11.3 Å².